The molecule has 0 atom stereocenters. The smallest absolute Gasteiger partial charge is 0.331 e. The number of carbonyl (C=O) groups excluding carboxylic acids is 2. The fourth-order valence-electron chi connectivity index (χ4n) is 1.67. The van der Waals surface area contributed by atoms with E-state index in [9.17, 15) is 9.59 Å². The van der Waals surface area contributed by atoms with E-state index in [0.29, 0.717) is 5.75 Å². The number of benzene rings is 1. The molecule has 0 saturated heterocycles. The van der Waals surface area contributed by atoms with Crippen molar-refractivity contribution in [2.45, 2.75) is 39.2 Å². The highest BCUT2D eigenvalue weighted by atomic mass is 16.6. The number of ether oxygens (including phenoxy) is 2. The Labute approximate surface area is 124 Å². The number of hydrogen-bond donors (Lipinski definition) is 0. The first-order valence-corrected chi connectivity index (χ1v) is 7.06. The molecule has 1 aliphatic rings. The number of rotatable bonds is 4. The van der Waals surface area contributed by atoms with Crippen molar-refractivity contribution in [2.24, 2.45) is 5.92 Å². The van der Waals surface area contributed by atoms with Crippen LogP contribution in [0, 0.1) is 5.92 Å². The predicted molar refractivity (Wildman–Crippen MR) is 79.7 cm³/mol. The maximum atomic E-state index is 11.5. The van der Waals surface area contributed by atoms with Gasteiger partial charge in [-0.1, -0.05) is 12.1 Å². The number of esters is 2. The highest BCUT2D eigenvalue weighted by Crippen LogP contribution is 2.30. The molecular weight excluding hydrogens is 268 g/mol. The van der Waals surface area contributed by atoms with Gasteiger partial charge in [-0.15, -0.1) is 0 Å². The Balaban J connectivity index is 1.89. The predicted octanol–water partition coefficient (Wildman–Crippen LogP) is 3.36. The first-order valence-electron chi connectivity index (χ1n) is 7.06. The van der Waals surface area contributed by atoms with Crippen LogP contribution in [0.4, 0.5) is 0 Å². The van der Waals surface area contributed by atoms with E-state index in [4.69, 9.17) is 9.47 Å². The third kappa shape index (κ3) is 5.42. The lowest BCUT2D eigenvalue weighted by Crippen LogP contribution is -2.22. The Morgan fingerprint density at radius 2 is 1.76 bits per heavy atom. The molecule has 1 aromatic carbocycles. The molecule has 1 saturated carbocycles. The average Bonchev–Trinajstić information content (AvgIpc) is 3.20. The SMILES string of the molecule is CC(C)(C)OC(=O)C=Cc1ccc(OC(=O)C2CC2)cc1. The summed E-state index contributed by atoms with van der Waals surface area (Å²) in [6.07, 6.45) is 4.90. The largest absolute Gasteiger partial charge is 0.457 e. The summed E-state index contributed by atoms with van der Waals surface area (Å²) in [5.41, 5.74) is 0.342. The van der Waals surface area contributed by atoms with Crippen molar-refractivity contribution in [3.8, 4) is 5.75 Å². The molecular formula is C17H20O4. The lowest BCUT2D eigenvalue weighted by molar-refractivity contribution is -0.148. The Hall–Kier alpha value is -2.10. The molecule has 4 heteroatoms. The highest BCUT2D eigenvalue weighted by molar-refractivity contribution is 5.87. The Kier molecular flexibility index (Phi) is 4.46. The topological polar surface area (TPSA) is 52.6 Å². The van der Waals surface area contributed by atoms with Gasteiger partial charge in [0, 0.05) is 6.08 Å². The zero-order valence-corrected chi connectivity index (χ0v) is 12.6. The molecule has 0 amide bonds. The first-order chi connectivity index (χ1) is 9.83. The van der Waals surface area contributed by atoms with Crippen LogP contribution < -0.4 is 4.74 Å². The van der Waals surface area contributed by atoms with Gasteiger partial charge in [-0.2, -0.15) is 0 Å². The summed E-state index contributed by atoms with van der Waals surface area (Å²) in [5.74, 6) is 0.0665. The van der Waals surface area contributed by atoms with Crippen LogP contribution in [0.3, 0.4) is 0 Å². The second-order valence-electron chi connectivity index (χ2n) is 6.13. The minimum atomic E-state index is -0.498. The van der Waals surface area contributed by atoms with Crippen LogP contribution in [-0.2, 0) is 14.3 Å². The zero-order chi connectivity index (χ0) is 15.5. The summed E-state index contributed by atoms with van der Waals surface area (Å²) in [6, 6.07) is 7.01. The lowest BCUT2D eigenvalue weighted by Gasteiger charge is -2.17. The summed E-state index contributed by atoms with van der Waals surface area (Å²) in [6.45, 7) is 5.46. The summed E-state index contributed by atoms with van der Waals surface area (Å²) in [5, 5.41) is 0. The molecule has 0 heterocycles. The van der Waals surface area contributed by atoms with E-state index >= 15 is 0 Å². The van der Waals surface area contributed by atoms with Crippen molar-refractivity contribution in [3.05, 3.63) is 35.9 Å². The van der Waals surface area contributed by atoms with Crippen molar-refractivity contribution in [1.82, 2.24) is 0 Å². The standard InChI is InChI=1S/C17H20O4/c1-17(2,3)21-15(18)11-6-12-4-9-14(10-5-12)20-16(19)13-7-8-13/h4-6,9-11,13H,7-8H2,1-3H3. The van der Waals surface area contributed by atoms with Crippen molar-refractivity contribution >= 4 is 18.0 Å². The normalized spacial score (nSPS) is 15.0. The molecule has 4 nitrogen and oxygen atoms in total. The van der Waals surface area contributed by atoms with Gasteiger partial charge < -0.3 is 9.47 Å². The van der Waals surface area contributed by atoms with Crippen LogP contribution in [0.5, 0.6) is 5.75 Å². The van der Waals surface area contributed by atoms with Crippen LogP contribution in [0.15, 0.2) is 30.3 Å². The number of hydrogen-bond acceptors (Lipinski definition) is 4. The third-order valence-electron chi connectivity index (χ3n) is 2.83. The summed E-state index contributed by atoms with van der Waals surface area (Å²) in [7, 11) is 0. The fraction of sp³-hybridized carbons (Fsp3) is 0.412. The third-order valence-corrected chi connectivity index (χ3v) is 2.83. The zero-order valence-electron chi connectivity index (χ0n) is 12.6. The van der Waals surface area contributed by atoms with Gasteiger partial charge >= 0.3 is 11.9 Å². The summed E-state index contributed by atoms with van der Waals surface area (Å²) in [4.78, 5) is 23.1. The van der Waals surface area contributed by atoms with Gasteiger partial charge in [0.15, 0.2) is 0 Å². The van der Waals surface area contributed by atoms with Gasteiger partial charge in [0.25, 0.3) is 0 Å². The molecule has 2 rings (SSSR count). The molecule has 112 valence electrons. The second kappa shape index (κ2) is 6.12. The molecule has 21 heavy (non-hydrogen) atoms. The van der Waals surface area contributed by atoms with Crippen molar-refractivity contribution in [1.29, 1.82) is 0 Å². The van der Waals surface area contributed by atoms with E-state index < -0.39 is 5.60 Å². The van der Waals surface area contributed by atoms with Crippen LogP contribution in [0.25, 0.3) is 6.08 Å². The fourth-order valence-corrected chi connectivity index (χ4v) is 1.67. The Bertz CT molecular complexity index is 545. The second-order valence-corrected chi connectivity index (χ2v) is 6.13. The minimum Gasteiger partial charge on any atom is -0.457 e. The molecule has 0 radical (unpaired) electrons. The summed E-state index contributed by atoms with van der Waals surface area (Å²) >= 11 is 0. The van der Waals surface area contributed by atoms with Crippen LogP contribution in [0.1, 0.15) is 39.2 Å². The summed E-state index contributed by atoms with van der Waals surface area (Å²) < 4.78 is 10.4. The van der Waals surface area contributed by atoms with Crippen molar-refractivity contribution < 1.29 is 19.1 Å². The van der Waals surface area contributed by atoms with E-state index in [-0.39, 0.29) is 17.9 Å². The van der Waals surface area contributed by atoms with Gasteiger partial charge in [-0.3, -0.25) is 4.79 Å². The van der Waals surface area contributed by atoms with Crippen molar-refractivity contribution in [2.75, 3.05) is 0 Å². The van der Waals surface area contributed by atoms with E-state index in [0.717, 1.165) is 18.4 Å². The van der Waals surface area contributed by atoms with Crippen LogP contribution in [-0.4, -0.2) is 17.5 Å². The van der Waals surface area contributed by atoms with Gasteiger partial charge in [0.05, 0.1) is 5.92 Å². The molecule has 1 aliphatic carbocycles. The van der Waals surface area contributed by atoms with E-state index in [1.54, 1.807) is 30.3 Å². The molecule has 1 fully saturated rings. The molecule has 0 spiro atoms. The first kappa shape index (κ1) is 15.3. The Morgan fingerprint density at radius 1 is 1.14 bits per heavy atom. The van der Waals surface area contributed by atoms with Gasteiger partial charge in [0.2, 0.25) is 0 Å². The quantitative estimate of drug-likeness (QED) is 0.484. The average molecular weight is 288 g/mol. The maximum Gasteiger partial charge on any atom is 0.331 e. The molecule has 0 aliphatic heterocycles. The van der Waals surface area contributed by atoms with E-state index in [1.807, 2.05) is 20.8 Å². The molecule has 1 aromatic rings. The lowest BCUT2D eigenvalue weighted by atomic mass is 10.2. The maximum absolute atomic E-state index is 11.5. The van der Waals surface area contributed by atoms with Gasteiger partial charge in [0.1, 0.15) is 11.4 Å². The van der Waals surface area contributed by atoms with Gasteiger partial charge in [-0.25, -0.2) is 4.79 Å². The molecule has 0 bridgehead atoms. The molecule has 0 aromatic heterocycles. The Morgan fingerprint density at radius 3 is 2.29 bits per heavy atom. The minimum absolute atomic E-state index is 0.0803. The highest BCUT2D eigenvalue weighted by Gasteiger charge is 2.31. The molecule has 0 N–H and O–H groups in total. The number of carbonyl (C=O) groups is 2. The van der Waals surface area contributed by atoms with E-state index in [2.05, 4.69) is 0 Å². The van der Waals surface area contributed by atoms with E-state index in [1.165, 1.54) is 6.08 Å². The monoisotopic (exact) mass is 288 g/mol. The van der Waals surface area contributed by atoms with Crippen molar-refractivity contribution in [3.63, 3.8) is 0 Å². The molecule has 0 unspecified atom stereocenters. The van der Waals surface area contributed by atoms with Crippen LogP contribution in [0.2, 0.25) is 0 Å². The van der Waals surface area contributed by atoms with Gasteiger partial charge in [-0.05, 0) is 57.4 Å². The van der Waals surface area contributed by atoms with Crippen LogP contribution >= 0.6 is 0 Å².